The number of benzene rings is 2. The summed E-state index contributed by atoms with van der Waals surface area (Å²) in [6.07, 6.45) is 0.709. The van der Waals surface area contributed by atoms with Gasteiger partial charge < -0.3 is 18.9 Å². The molecule has 1 unspecified atom stereocenters. The van der Waals surface area contributed by atoms with Crippen LogP contribution in [0.4, 0.5) is 17.6 Å². The average molecular weight is 549 g/mol. The fourth-order valence-corrected chi connectivity index (χ4v) is 4.92. The van der Waals surface area contributed by atoms with Crippen molar-refractivity contribution in [2.45, 2.75) is 11.3 Å². The summed E-state index contributed by atoms with van der Waals surface area (Å²) in [5, 5.41) is 0.639. The molecule has 0 bridgehead atoms. The quantitative estimate of drug-likeness (QED) is 0.272. The van der Waals surface area contributed by atoms with Crippen LogP contribution in [0.25, 0.3) is 28.0 Å². The number of morpholine rings is 1. The molecule has 3 heterocycles. The Bertz CT molecular complexity index is 1490. The molecule has 38 heavy (non-hydrogen) atoms. The van der Waals surface area contributed by atoms with E-state index in [1.807, 2.05) is 0 Å². The third kappa shape index (κ3) is 5.30. The van der Waals surface area contributed by atoms with Crippen LogP contribution in [0.5, 0.6) is 5.75 Å². The van der Waals surface area contributed by atoms with Crippen molar-refractivity contribution in [3.8, 4) is 22.8 Å². The van der Waals surface area contributed by atoms with E-state index >= 15 is 0 Å². The molecule has 0 radical (unpaired) electrons. The molecule has 0 spiro atoms. The molecule has 1 fully saturated rings. The zero-order chi connectivity index (χ0) is 27.0. The van der Waals surface area contributed by atoms with E-state index in [2.05, 4.69) is 14.7 Å². The van der Waals surface area contributed by atoms with E-state index in [1.165, 1.54) is 18.6 Å². The number of alkyl halides is 3. The predicted molar refractivity (Wildman–Crippen MR) is 130 cm³/mol. The Hall–Kier alpha value is -3.68. The van der Waals surface area contributed by atoms with Crippen LogP contribution in [-0.2, 0) is 15.9 Å². The molecular formula is C25H20F4N4O4S. The Kier molecular flexibility index (Phi) is 6.99. The van der Waals surface area contributed by atoms with Crippen LogP contribution in [0, 0.1) is 5.82 Å². The first-order valence-corrected chi connectivity index (χ1v) is 12.9. The molecular weight excluding hydrogens is 528 g/mol. The van der Waals surface area contributed by atoms with E-state index in [9.17, 15) is 26.9 Å². The van der Waals surface area contributed by atoms with Gasteiger partial charge in [-0.25, -0.2) is 14.4 Å². The van der Waals surface area contributed by atoms with Crippen molar-refractivity contribution >= 4 is 28.0 Å². The molecule has 2 aromatic heterocycles. The van der Waals surface area contributed by atoms with Gasteiger partial charge in [-0.1, -0.05) is 0 Å². The SMILES string of the molecule is C[S+]([O-])c1cn(-c2ncc(-c3cc(OC(F)(F)F)ccc3F)cn2)c2cc(C(=O)N3CCOCC3)ccc12. The van der Waals surface area contributed by atoms with Gasteiger partial charge in [0.05, 0.1) is 30.3 Å². The number of ether oxygens (including phenoxy) is 2. The fourth-order valence-electron chi connectivity index (χ4n) is 4.18. The monoisotopic (exact) mass is 548 g/mol. The minimum absolute atomic E-state index is 0.123. The summed E-state index contributed by atoms with van der Waals surface area (Å²) in [5.41, 5.74) is 0.906. The molecule has 0 aliphatic carbocycles. The van der Waals surface area contributed by atoms with Crippen molar-refractivity contribution < 1.29 is 36.4 Å². The minimum Gasteiger partial charge on any atom is -0.612 e. The van der Waals surface area contributed by atoms with Crippen molar-refractivity contribution in [3.63, 3.8) is 0 Å². The Morgan fingerprint density at radius 3 is 2.47 bits per heavy atom. The number of nitrogens with zero attached hydrogens (tertiary/aromatic N) is 4. The second kappa shape index (κ2) is 10.2. The summed E-state index contributed by atoms with van der Waals surface area (Å²) >= 11 is -1.37. The van der Waals surface area contributed by atoms with E-state index in [4.69, 9.17) is 4.74 Å². The Morgan fingerprint density at radius 1 is 1.11 bits per heavy atom. The van der Waals surface area contributed by atoms with Crippen molar-refractivity contribution in [2.75, 3.05) is 32.6 Å². The normalized spacial score (nSPS) is 15.1. The highest BCUT2D eigenvalue weighted by Crippen LogP contribution is 2.31. The zero-order valence-electron chi connectivity index (χ0n) is 19.9. The lowest BCUT2D eigenvalue weighted by atomic mass is 10.1. The average Bonchev–Trinajstić information content (AvgIpc) is 3.28. The second-order valence-electron chi connectivity index (χ2n) is 8.42. The van der Waals surface area contributed by atoms with Gasteiger partial charge in [-0.2, -0.15) is 0 Å². The molecule has 0 N–H and O–H groups in total. The fraction of sp³-hybridized carbons (Fsp3) is 0.240. The van der Waals surface area contributed by atoms with Gasteiger partial charge in [-0.05, 0) is 47.6 Å². The molecule has 1 atom stereocenters. The summed E-state index contributed by atoms with van der Waals surface area (Å²) in [7, 11) is 0. The first-order chi connectivity index (χ1) is 18.1. The molecule has 2 aromatic carbocycles. The van der Waals surface area contributed by atoms with E-state index in [1.54, 1.807) is 33.9 Å². The number of aromatic nitrogens is 3. The first kappa shape index (κ1) is 25.9. The summed E-state index contributed by atoms with van der Waals surface area (Å²) < 4.78 is 75.4. The topological polar surface area (TPSA) is 92.5 Å². The highest BCUT2D eigenvalue weighted by molar-refractivity contribution is 7.91. The van der Waals surface area contributed by atoms with Gasteiger partial charge in [0.15, 0.2) is 4.90 Å². The Morgan fingerprint density at radius 2 is 1.82 bits per heavy atom. The number of fused-ring (bicyclic) bond motifs is 1. The smallest absolute Gasteiger partial charge is 0.573 e. The summed E-state index contributed by atoms with van der Waals surface area (Å²) in [5.74, 6) is -1.40. The van der Waals surface area contributed by atoms with Crippen LogP contribution in [-0.4, -0.2) is 68.8 Å². The number of hydrogen-bond acceptors (Lipinski definition) is 6. The van der Waals surface area contributed by atoms with Crippen LogP contribution in [0.1, 0.15) is 10.4 Å². The number of carbonyl (C=O) groups is 1. The maximum atomic E-state index is 14.4. The Balaban J connectivity index is 1.52. The maximum Gasteiger partial charge on any atom is 0.573 e. The van der Waals surface area contributed by atoms with Crippen LogP contribution >= 0.6 is 0 Å². The molecule has 1 aliphatic heterocycles. The van der Waals surface area contributed by atoms with E-state index in [-0.39, 0.29) is 23.0 Å². The van der Waals surface area contributed by atoms with Gasteiger partial charge in [0, 0.05) is 42.2 Å². The van der Waals surface area contributed by atoms with Crippen LogP contribution < -0.4 is 4.74 Å². The van der Waals surface area contributed by atoms with Crippen molar-refractivity contribution in [1.82, 2.24) is 19.4 Å². The second-order valence-corrected chi connectivity index (χ2v) is 9.76. The summed E-state index contributed by atoms with van der Waals surface area (Å²) in [4.78, 5) is 23.8. The largest absolute Gasteiger partial charge is 0.612 e. The summed E-state index contributed by atoms with van der Waals surface area (Å²) in [6.45, 7) is 1.85. The van der Waals surface area contributed by atoms with Crippen LogP contribution in [0.15, 0.2) is 59.9 Å². The van der Waals surface area contributed by atoms with Crippen molar-refractivity contribution in [1.29, 1.82) is 0 Å². The molecule has 198 valence electrons. The number of amides is 1. The van der Waals surface area contributed by atoms with Crippen LogP contribution in [0.2, 0.25) is 0 Å². The molecule has 5 rings (SSSR count). The number of halogens is 4. The zero-order valence-corrected chi connectivity index (χ0v) is 20.7. The molecule has 13 heteroatoms. The van der Waals surface area contributed by atoms with Gasteiger partial charge in [0.1, 0.15) is 17.8 Å². The van der Waals surface area contributed by atoms with E-state index in [0.717, 1.165) is 18.2 Å². The number of carbonyl (C=O) groups excluding carboxylic acids is 1. The third-order valence-electron chi connectivity index (χ3n) is 5.96. The highest BCUT2D eigenvalue weighted by atomic mass is 32.2. The first-order valence-electron chi connectivity index (χ1n) is 11.3. The lowest BCUT2D eigenvalue weighted by Gasteiger charge is -2.26. The summed E-state index contributed by atoms with van der Waals surface area (Å²) in [6, 6.07) is 7.69. The van der Waals surface area contributed by atoms with Gasteiger partial charge in [0.25, 0.3) is 5.91 Å². The lowest BCUT2D eigenvalue weighted by molar-refractivity contribution is -0.274. The lowest BCUT2D eigenvalue weighted by Crippen LogP contribution is -2.40. The van der Waals surface area contributed by atoms with Gasteiger partial charge in [-0.3, -0.25) is 9.36 Å². The van der Waals surface area contributed by atoms with E-state index < -0.39 is 29.1 Å². The van der Waals surface area contributed by atoms with Gasteiger partial charge in [0.2, 0.25) is 5.95 Å². The standard InChI is InChI=1S/C25H20F4N4O4S/c1-38(35)22-14-33(21-10-15(2-4-18(21)22)23(34)32-6-8-36-9-7-32)24-30-12-16(13-31-24)19-11-17(3-5-20(19)26)37-25(27,28)29/h2-5,10-14H,6-9H2,1H3. The number of rotatable bonds is 5. The van der Waals surface area contributed by atoms with Crippen LogP contribution in [0.3, 0.4) is 0 Å². The highest BCUT2D eigenvalue weighted by Gasteiger charge is 2.31. The molecule has 1 amide bonds. The molecule has 1 aliphatic rings. The van der Waals surface area contributed by atoms with Crippen molar-refractivity contribution in [2.24, 2.45) is 0 Å². The van der Waals surface area contributed by atoms with Crippen molar-refractivity contribution in [3.05, 3.63) is 66.4 Å². The van der Waals surface area contributed by atoms with E-state index in [0.29, 0.717) is 47.7 Å². The minimum atomic E-state index is -4.93. The third-order valence-corrected chi connectivity index (χ3v) is 6.90. The van der Waals surface area contributed by atoms with Gasteiger partial charge >= 0.3 is 6.36 Å². The molecule has 8 nitrogen and oxygen atoms in total. The molecule has 1 saturated heterocycles. The Labute approximate surface area is 217 Å². The maximum absolute atomic E-state index is 14.4. The predicted octanol–water partition coefficient (Wildman–Crippen LogP) is 4.34. The molecule has 4 aromatic rings. The van der Waals surface area contributed by atoms with Gasteiger partial charge in [-0.15, -0.1) is 13.2 Å². The molecule has 0 saturated carbocycles. The number of hydrogen-bond donors (Lipinski definition) is 0.